The third kappa shape index (κ3) is 4.85. The van der Waals surface area contributed by atoms with E-state index in [1.54, 1.807) is 0 Å². The van der Waals surface area contributed by atoms with Crippen LogP contribution in [0, 0.1) is 0 Å². The predicted molar refractivity (Wildman–Crippen MR) is 225 cm³/mol. The highest BCUT2D eigenvalue weighted by Crippen LogP contribution is 2.39. The van der Waals surface area contributed by atoms with Crippen molar-refractivity contribution in [2.45, 2.75) is 0 Å². The van der Waals surface area contributed by atoms with Crippen LogP contribution in [0.2, 0.25) is 0 Å². The maximum Gasteiger partial charge on any atom is 0.138 e. The molecule has 0 saturated heterocycles. The molecular weight excluding hydrogens is 657 g/mol. The molecule has 0 spiro atoms. The first-order valence-corrected chi connectivity index (χ1v) is 18.3. The largest absolute Gasteiger partial charge is 0.309 e. The summed E-state index contributed by atoms with van der Waals surface area (Å²) in [6.07, 6.45) is 3.86. The maximum absolute atomic E-state index is 5.30. The van der Waals surface area contributed by atoms with Crippen LogP contribution in [0.5, 0.6) is 0 Å². The van der Waals surface area contributed by atoms with Crippen LogP contribution in [0.4, 0.5) is 0 Å². The molecule has 0 aliphatic carbocycles. The predicted octanol–water partition coefficient (Wildman–Crippen LogP) is 12.8. The van der Waals surface area contributed by atoms with Crippen molar-refractivity contribution in [2.75, 3.05) is 0 Å². The smallest absolute Gasteiger partial charge is 0.138 e. The van der Waals surface area contributed by atoms with E-state index in [9.17, 15) is 0 Å². The van der Waals surface area contributed by atoms with Crippen molar-refractivity contribution in [1.29, 1.82) is 0 Å². The topological polar surface area (TPSA) is 35.6 Å². The number of benzene rings is 7. The molecule has 0 aliphatic rings. The van der Waals surface area contributed by atoms with Crippen molar-refractivity contribution < 1.29 is 0 Å². The molecule has 4 aromatic heterocycles. The summed E-state index contributed by atoms with van der Waals surface area (Å²) in [7, 11) is 0. The van der Waals surface area contributed by atoms with Crippen LogP contribution in [-0.4, -0.2) is 19.1 Å². The Hall–Kier alpha value is -7.30. The molecule has 0 aliphatic heterocycles. The molecule has 0 saturated carbocycles. The van der Waals surface area contributed by atoms with E-state index in [0.717, 1.165) is 61.3 Å². The van der Waals surface area contributed by atoms with Gasteiger partial charge in [0.15, 0.2) is 0 Å². The summed E-state index contributed by atoms with van der Waals surface area (Å²) >= 11 is 0. The van der Waals surface area contributed by atoms with Crippen molar-refractivity contribution in [3.05, 3.63) is 194 Å². The van der Waals surface area contributed by atoms with Gasteiger partial charge in [-0.2, -0.15) is 0 Å². The lowest BCUT2D eigenvalue weighted by molar-refractivity contribution is 1.08. The Balaban J connectivity index is 1.09. The summed E-state index contributed by atoms with van der Waals surface area (Å²) in [5.41, 5.74) is 12.3. The molecule has 11 aromatic rings. The minimum absolute atomic E-state index is 0.872. The van der Waals surface area contributed by atoms with Gasteiger partial charge in [0.05, 0.1) is 27.8 Å². The van der Waals surface area contributed by atoms with Crippen molar-refractivity contribution in [3.8, 4) is 45.0 Å². The van der Waals surface area contributed by atoms with Gasteiger partial charge in [-0.1, -0.05) is 121 Å². The first-order valence-electron chi connectivity index (χ1n) is 18.3. The molecule has 4 heterocycles. The van der Waals surface area contributed by atoms with Crippen LogP contribution >= 0.6 is 0 Å². The number of pyridine rings is 2. The summed E-state index contributed by atoms with van der Waals surface area (Å²) in [6, 6.07) is 65.2. The SMILES string of the molecule is c1ccc(-c2cc(-c3ccccc3)nc(-n3c4ccncc4c4cc(-c5ccc6c(c5)c5ccccc5n6-c5ccc6ccccc6c5)ccc43)c2)cc1. The average Bonchev–Trinajstić information content (AvgIpc) is 3.76. The zero-order valence-corrected chi connectivity index (χ0v) is 29.3. The first kappa shape index (κ1) is 30.3. The second kappa shape index (κ2) is 12.1. The van der Waals surface area contributed by atoms with Crippen LogP contribution in [0.3, 0.4) is 0 Å². The Morgan fingerprint density at radius 1 is 0.352 bits per heavy atom. The van der Waals surface area contributed by atoms with E-state index in [0.29, 0.717) is 0 Å². The molecule has 7 aromatic carbocycles. The monoisotopic (exact) mass is 688 g/mol. The summed E-state index contributed by atoms with van der Waals surface area (Å²) in [5, 5.41) is 7.18. The van der Waals surface area contributed by atoms with Crippen molar-refractivity contribution >= 4 is 54.4 Å². The average molecular weight is 689 g/mol. The Morgan fingerprint density at radius 3 is 1.78 bits per heavy atom. The second-order valence-electron chi connectivity index (χ2n) is 13.9. The van der Waals surface area contributed by atoms with Crippen molar-refractivity contribution in [2.24, 2.45) is 0 Å². The zero-order chi connectivity index (χ0) is 35.6. The fourth-order valence-electron chi connectivity index (χ4n) is 8.22. The lowest BCUT2D eigenvalue weighted by Crippen LogP contribution is -2.00. The molecule has 54 heavy (non-hydrogen) atoms. The highest BCUT2D eigenvalue weighted by molar-refractivity contribution is 6.12. The van der Waals surface area contributed by atoms with E-state index >= 15 is 0 Å². The Morgan fingerprint density at radius 2 is 0.981 bits per heavy atom. The Labute approximate surface area is 311 Å². The number of nitrogens with zero attached hydrogens (tertiary/aromatic N) is 4. The highest BCUT2D eigenvalue weighted by atomic mass is 15.1. The number of aromatic nitrogens is 4. The molecule has 0 radical (unpaired) electrons. The van der Waals surface area contributed by atoms with Gasteiger partial charge in [-0.15, -0.1) is 0 Å². The van der Waals surface area contributed by atoms with Crippen LogP contribution in [0.15, 0.2) is 194 Å². The van der Waals surface area contributed by atoms with E-state index in [-0.39, 0.29) is 0 Å². The normalized spacial score (nSPS) is 11.7. The third-order valence-electron chi connectivity index (χ3n) is 10.8. The number of fused-ring (bicyclic) bond motifs is 7. The van der Waals surface area contributed by atoms with E-state index in [4.69, 9.17) is 4.98 Å². The van der Waals surface area contributed by atoms with Gasteiger partial charge < -0.3 is 4.57 Å². The fraction of sp³-hybridized carbons (Fsp3) is 0. The minimum Gasteiger partial charge on any atom is -0.309 e. The molecule has 0 fully saturated rings. The zero-order valence-electron chi connectivity index (χ0n) is 29.3. The van der Waals surface area contributed by atoms with Crippen LogP contribution < -0.4 is 0 Å². The van der Waals surface area contributed by atoms with Crippen LogP contribution in [-0.2, 0) is 0 Å². The van der Waals surface area contributed by atoms with Gasteiger partial charge in [0, 0.05) is 45.2 Å². The van der Waals surface area contributed by atoms with Gasteiger partial charge in [0.25, 0.3) is 0 Å². The van der Waals surface area contributed by atoms with Gasteiger partial charge >= 0.3 is 0 Å². The summed E-state index contributed by atoms with van der Waals surface area (Å²) in [6.45, 7) is 0. The Kier molecular flexibility index (Phi) is 6.82. The standard InChI is InChI=1S/C50H32N4/c1-3-11-33(12-4-1)39-30-45(35-14-5-2-6-15-35)52-50(31-39)54-48-24-21-38(29-43(48)44-32-51-26-25-49(44)54)37-20-23-47-42(28-37)41-17-9-10-18-46(41)53(47)40-22-19-34-13-7-8-16-36(34)27-40/h1-32H. The van der Waals surface area contributed by atoms with E-state index in [1.165, 1.54) is 38.1 Å². The molecular formula is C50H32N4. The van der Waals surface area contributed by atoms with E-state index < -0.39 is 0 Å². The lowest BCUT2D eigenvalue weighted by Gasteiger charge is -2.13. The number of rotatable bonds is 5. The minimum atomic E-state index is 0.872. The van der Waals surface area contributed by atoms with Crippen LogP contribution in [0.1, 0.15) is 0 Å². The second-order valence-corrected chi connectivity index (χ2v) is 13.9. The molecule has 11 rings (SSSR count). The van der Waals surface area contributed by atoms with Crippen molar-refractivity contribution in [1.82, 2.24) is 19.1 Å². The van der Waals surface area contributed by atoms with Crippen molar-refractivity contribution in [3.63, 3.8) is 0 Å². The number of hydrogen-bond donors (Lipinski definition) is 0. The maximum atomic E-state index is 5.30. The van der Waals surface area contributed by atoms with Gasteiger partial charge in [-0.25, -0.2) is 4.98 Å². The highest BCUT2D eigenvalue weighted by Gasteiger charge is 2.18. The third-order valence-corrected chi connectivity index (χ3v) is 10.8. The van der Waals surface area contributed by atoms with Gasteiger partial charge in [0.1, 0.15) is 5.82 Å². The molecule has 4 heteroatoms. The first-order chi connectivity index (χ1) is 26.8. The molecule has 252 valence electrons. The van der Waals surface area contributed by atoms with Gasteiger partial charge in [-0.3, -0.25) is 9.55 Å². The molecule has 0 N–H and O–H groups in total. The molecule has 0 atom stereocenters. The van der Waals surface area contributed by atoms with Gasteiger partial charge in [0.2, 0.25) is 0 Å². The molecule has 4 nitrogen and oxygen atoms in total. The molecule has 0 unspecified atom stereocenters. The van der Waals surface area contributed by atoms with Crippen LogP contribution in [0.25, 0.3) is 99.4 Å². The quantitative estimate of drug-likeness (QED) is 0.180. The Bertz CT molecular complexity index is 3150. The molecule has 0 bridgehead atoms. The number of para-hydroxylation sites is 1. The fourth-order valence-corrected chi connectivity index (χ4v) is 8.22. The number of hydrogen-bond acceptors (Lipinski definition) is 2. The summed E-state index contributed by atoms with van der Waals surface area (Å²) in [5.74, 6) is 0.872. The summed E-state index contributed by atoms with van der Waals surface area (Å²) < 4.78 is 4.68. The summed E-state index contributed by atoms with van der Waals surface area (Å²) in [4.78, 5) is 9.89. The van der Waals surface area contributed by atoms with Gasteiger partial charge in [-0.05, 0) is 93.7 Å². The molecule has 0 amide bonds. The lowest BCUT2D eigenvalue weighted by atomic mass is 10.0. The van der Waals surface area contributed by atoms with E-state index in [1.807, 2.05) is 18.5 Å². The van der Waals surface area contributed by atoms with E-state index in [2.05, 4.69) is 190 Å².